The van der Waals surface area contributed by atoms with E-state index in [9.17, 15) is 0 Å². The number of rotatable bonds is 11. The van der Waals surface area contributed by atoms with Crippen molar-refractivity contribution in [2.75, 3.05) is 33.9 Å². The molecule has 0 amide bonds. The van der Waals surface area contributed by atoms with Crippen molar-refractivity contribution in [1.82, 2.24) is 10.2 Å². The molecule has 0 unspecified atom stereocenters. The van der Waals surface area contributed by atoms with E-state index in [4.69, 9.17) is 9.47 Å². The molecule has 5 nitrogen and oxygen atoms in total. The van der Waals surface area contributed by atoms with E-state index in [0.717, 1.165) is 51.5 Å². The maximum absolute atomic E-state index is 6.04. The Balaban J connectivity index is 1.74. The highest BCUT2D eigenvalue weighted by Gasteiger charge is 2.14. The molecule has 156 valence electrons. The van der Waals surface area contributed by atoms with Crippen LogP contribution in [0.15, 0.2) is 41.9 Å². The molecule has 1 saturated heterocycles. The maximum Gasteiger partial charge on any atom is 0.193 e. The lowest BCUT2D eigenvalue weighted by Gasteiger charge is -2.23. The Kier molecular flexibility index (Phi) is 10.7. The van der Waals surface area contributed by atoms with Crippen LogP contribution in [0.3, 0.4) is 0 Å². The monoisotopic (exact) mass is 387 g/mol. The molecule has 0 bridgehead atoms. The molecule has 5 heteroatoms. The Morgan fingerprint density at radius 2 is 2.07 bits per heavy atom. The normalized spacial score (nSPS) is 15.4. The van der Waals surface area contributed by atoms with E-state index in [2.05, 4.69) is 53.1 Å². The molecule has 1 N–H and O–H groups in total. The smallest absolute Gasteiger partial charge is 0.193 e. The molecule has 1 aromatic carbocycles. The van der Waals surface area contributed by atoms with Crippen LogP contribution in [0, 0.1) is 0 Å². The summed E-state index contributed by atoms with van der Waals surface area (Å²) in [7, 11) is 3.94. The molecular formula is C23H37N3O2. The molecule has 1 aromatic rings. The van der Waals surface area contributed by atoms with Crippen molar-refractivity contribution in [3.05, 3.63) is 48.0 Å². The van der Waals surface area contributed by atoms with Gasteiger partial charge in [-0.05, 0) is 43.2 Å². The highest BCUT2D eigenvalue weighted by Crippen LogP contribution is 2.14. The van der Waals surface area contributed by atoms with Gasteiger partial charge in [0.15, 0.2) is 5.96 Å². The Labute approximate surface area is 170 Å². The zero-order chi connectivity index (χ0) is 20.0. The van der Waals surface area contributed by atoms with Gasteiger partial charge in [-0.1, -0.05) is 36.8 Å². The van der Waals surface area contributed by atoms with Crippen LogP contribution in [-0.4, -0.2) is 50.8 Å². The van der Waals surface area contributed by atoms with Gasteiger partial charge in [0.2, 0.25) is 0 Å². The summed E-state index contributed by atoms with van der Waals surface area (Å²) in [6, 6.07) is 8.60. The van der Waals surface area contributed by atoms with E-state index in [1.54, 1.807) is 0 Å². The number of benzene rings is 1. The second-order valence-corrected chi connectivity index (χ2v) is 7.40. The second kappa shape index (κ2) is 13.3. The molecule has 0 aliphatic carbocycles. The third-order valence-electron chi connectivity index (χ3n) is 5.07. The molecule has 0 spiro atoms. The fourth-order valence-electron chi connectivity index (χ4n) is 3.37. The zero-order valence-electron chi connectivity index (χ0n) is 17.7. The van der Waals surface area contributed by atoms with Crippen LogP contribution < -0.4 is 5.32 Å². The van der Waals surface area contributed by atoms with Gasteiger partial charge >= 0.3 is 0 Å². The van der Waals surface area contributed by atoms with Gasteiger partial charge in [0.25, 0.3) is 0 Å². The summed E-state index contributed by atoms with van der Waals surface area (Å²) in [5.74, 6) is 0.938. The number of nitrogens with one attached hydrogen (secondary N) is 1. The van der Waals surface area contributed by atoms with E-state index >= 15 is 0 Å². The van der Waals surface area contributed by atoms with E-state index in [0.29, 0.717) is 12.7 Å². The van der Waals surface area contributed by atoms with Crippen molar-refractivity contribution < 1.29 is 9.47 Å². The zero-order valence-corrected chi connectivity index (χ0v) is 17.7. The number of hydrogen-bond donors (Lipinski definition) is 1. The Morgan fingerprint density at radius 1 is 1.29 bits per heavy atom. The summed E-state index contributed by atoms with van der Waals surface area (Å²) in [5.41, 5.74) is 2.46. The first-order valence-electron chi connectivity index (χ1n) is 10.5. The van der Waals surface area contributed by atoms with Crippen LogP contribution in [0.25, 0.3) is 0 Å². The second-order valence-electron chi connectivity index (χ2n) is 7.40. The van der Waals surface area contributed by atoms with Crippen molar-refractivity contribution in [1.29, 1.82) is 0 Å². The summed E-state index contributed by atoms with van der Waals surface area (Å²) in [5, 5.41) is 3.47. The fourth-order valence-corrected chi connectivity index (χ4v) is 3.37. The number of aliphatic imine (C=N–C) groups is 1. The van der Waals surface area contributed by atoms with Gasteiger partial charge in [-0.25, -0.2) is 0 Å². The Hall–Kier alpha value is -1.85. The molecular weight excluding hydrogens is 350 g/mol. The van der Waals surface area contributed by atoms with Gasteiger partial charge in [-0.15, -0.1) is 6.58 Å². The molecule has 28 heavy (non-hydrogen) atoms. The quantitative estimate of drug-likeness (QED) is 0.268. The van der Waals surface area contributed by atoms with E-state index in [-0.39, 0.29) is 0 Å². The number of nitrogens with zero attached hydrogens (tertiary/aromatic N) is 2. The summed E-state index contributed by atoms with van der Waals surface area (Å²) < 4.78 is 11.4. The lowest BCUT2D eigenvalue weighted by molar-refractivity contribution is -0.0390. The van der Waals surface area contributed by atoms with E-state index < -0.39 is 0 Å². The lowest BCUT2D eigenvalue weighted by Crippen LogP contribution is -2.39. The highest BCUT2D eigenvalue weighted by atomic mass is 16.5. The summed E-state index contributed by atoms with van der Waals surface area (Å²) in [4.78, 5) is 6.62. The summed E-state index contributed by atoms with van der Waals surface area (Å²) in [6.45, 7) is 7.84. The molecule has 1 aliphatic heterocycles. The van der Waals surface area contributed by atoms with Gasteiger partial charge in [0.05, 0.1) is 12.7 Å². The van der Waals surface area contributed by atoms with Gasteiger partial charge in [0.1, 0.15) is 0 Å². The van der Waals surface area contributed by atoms with Crippen molar-refractivity contribution in [3.8, 4) is 0 Å². The number of ether oxygens (including phenoxy) is 2. The molecule has 0 saturated carbocycles. The first kappa shape index (κ1) is 22.4. The summed E-state index contributed by atoms with van der Waals surface area (Å²) >= 11 is 0. The number of unbranched alkanes of at least 4 members (excludes halogenated alkanes) is 3. The minimum absolute atomic E-state index is 0.328. The fraction of sp³-hybridized carbons (Fsp3) is 0.609. The van der Waals surface area contributed by atoms with E-state index in [1.807, 2.05) is 13.1 Å². The Bertz CT molecular complexity index is 597. The molecule has 1 fully saturated rings. The predicted octanol–water partition coefficient (Wildman–Crippen LogP) is 4.14. The maximum atomic E-state index is 6.04. The van der Waals surface area contributed by atoms with Crippen molar-refractivity contribution in [2.24, 2.45) is 4.99 Å². The van der Waals surface area contributed by atoms with Crippen LogP contribution >= 0.6 is 0 Å². The number of guanidine groups is 1. The standard InChI is InChI=1S/C23H37N3O2/c1-4-5-6-7-8-14-26(3)23(24-2)25-18-20-10-9-11-21(17-20)19-28-22-12-15-27-16-13-22/h4,9-11,17,22H,1,5-8,12-16,18-19H2,2-3H3,(H,24,25). The molecule has 0 radical (unpaired) electrons. The number of hydrogen-bond acceptors (Lipinski definition) is 3. The first-order chi connectivity index (χ1) is 13.7. The van der Waals surface area contributed by atoms with Gasteiger partial charge in [-0.3, -0.25) is 4.99 Å². The highest BCUT2D eigenvalue weighted by molar-refractivity contribution is 5.79. The SMILES string of the molecule is C=CCCCCCN(C)C(=NC)NCc1cccc(COC2CCOCC2)c1. The molecule has 1 aliphatic rings. The Morgan fingerprint density at radius 3 is 2.82 bits per heavy atom. The summed E-state index contributed by atoms with van der Waals surface area (Å²) in [6.07, 6.45) is 9.03. The van der Waals surface area contributed by atoms with Crippen molar-refractivity contribution in [2.45, 2.75) is 57.8 Å². The van der Waals surface area contributed by atoms with Crippen molar-refractivity contribution in [3.63, 3.8) is 0 Å². The van der Waals surface area contributed by atoms with Gasteiger partial charge in [0, 0.05) is 40.4 Å². The molecule has 2 rings (SSSR count). The average molecular weight is 388 g/mol. The minimum atomic E-state index is 0.328. The minimum Gasteiger partial charge on any atom is -0.381 e. The van der Waals surface area contributed by atoms with E-state index in [1.165, 1.54) is 30.4 Å². The topological polar surface area (TPSA) is 46.1 Å². The predicted molar refractivity (Wildman–Crippen MR) is 117 cm³/mol. The third-order valence-corrected chi connectivity index (χ3v) is 5.07. The molecule has 1 heterocycles. The molecule has 0 aromatic heterocycles. The number of allylic oxidation sites excluding steroid dienone is 1. The van der Waals surface area contributed by atoms with Crippen LogP contribution in [0.2, 0.25) is 0 Å². The van der Waals surface area contributed by atoms with Gasteiger partial charge in [-0.2, -0.15) is 0 Å². The average Bonchev–Trinajstić information content (AvgIpc) is 2.73. The first-order valence-corrected chi connectivity index (χ1v) is 10.5. The van der Waals surface area contributed by atoms with Crippen LogP contribution in [0.1, 0.15) is 49.7 Å². The van der Waals surface area contributed by atoms with Crippen LogP contribution in [0.4, 0.5) is 0 Å². The third kappa shape index (κ3) is 8.44. The molecule has 0 atom stereocenters. The lowest BCUT2D eigenvalue weighted by atomic mass is 10.1. The van der Waals surface area contributed by atoms with Gasteiger partial charge < -0.3 is 19.7 Å². The van der Waals surface area contributed by atoms with Crippen molar-refractivity contribution >= 4 is 5.96 Å². The largest absolute Gasteiger partial charge is 0.381 e. The van der Waals surface area contributed by atoms with Crippen LogP contribution in [0.5, 0.6) is 0 Å². The van der Waals surface area contributed by atoms with Crippen LogP contribution in [-0.2, 0) is 22.6 Å².